The first-order valence-corrected chi connectivity index (χ1v) is 9.90. The Morgan fingerprint density at radius 3 is 2.07 bits per heavy atom. The summed E-state index contributed by atoms with van der Waals surface area (Å²) in [5.74, 6) is -4.00. The van der Waals surface area contributed by atoms with Crippen LogP contribution >= 0.6 is 0 Å². The molecule has 2 amide bonds. The Hall–Kier alpha value is -2.38. The number of halogens is 2. The van der Waals surface area contributed by atoms with Gasteiger partial charge in [0.1, 0.15) is 5.60 Å². The molecule has 6 nitrogen and oxygen atoms in total. The van der Waals surface area contributed by atoms with Gasteiger partial charge in [-0.25, -0.2) is 13.6 Å². The fraction of sp³-hybridized carbons (Fsp3) is 0.619. The fourth-order valence-corrected chi connectivity index (χ4v) is 4.30. The minimum absolute atomic E-state index is 0.0823. The summed E-state index contributed by atoms with van der Waals surface area (Å²) in [6, 6.07) is 1.64. The first-order chi connectivity index (χ1) is 13.4. The van der Waals surface area contributed by atoms with Gasteiger partial charge in [0.05, 0.1) is 0 Å². The van der Waals surface area contributed by atoms with E-state index in [1.165, 1.54) is 0 Å². The van der Waals surface area contributed by atoms with Crippen LogP contribution in [-0.4, -0.2) is 34.8 Å². The fourth-order valence-electron chi connectivity index (χ4n) is 4.30. The monoisotopic (exact) mass is 410 g/mol. The van der Waals surface area contributed by atoms with Crippen molar-refractivity contribution in [2.24, 2.45) is 5.41 Å². The predicted molar refractivity (Wildman–Crippen MR) is 103 cm³/mol. The molecule has 160 valence electrons. The molecule has 0 spiro atoms. The van der Waals surface area contributed by atoms with E-state index in [0.29, 0.717) is 6.54 Å². The molecule has 0 aromatic heterocycles. The van der Waals surface area contributed by atoms with Crippen LogP contribution < -0.4 is 10.6 Å². The van der Waals surface area contributed by atoms with E-state index in [0.717, 1.165) is 50.7 Å². The lowest BCUT2D eigenvalue weighted by molar-refractivity contribution is 0.00519. The molecule has 3 aliphatic rings. The zero-order valence-electron chi connectivity index (χ0n) is 17.0. The highest BCUT2D eigenvalue weighted by Crippen LogP contribution is 2.52. The molecule has 0 unspecified atom stereocenters. The molecule has 3 aliphatic carbocycles. The maximum Gasteiger partial charge on any atom is 0.408 e. The first kappa shape index (κ1) is 21.3. The predicted octanol–water partition coefficient (Wildman–Crippen LogP) is 4.02. The largest absolute Gasteiger partial charge is 0.503 e. The van der Waals surface area contributed by atoms with Gasteiger partial charge in [-0.15, -0.1) is 0 Å². The van der Waals surface area contributed by atoms with Gasteiger partial charge < -0.3 is 20.5 Å². The van der Waals surface area contributed by atoms with Crippen molar-refractivity contribution in [1.29, 1.82) is 0 Å². The Kier molecular flexibility index (Phi) is 5.49. The van der Waals surface area contributed by atoms with E-state index in [2.05, 4.69) is 10.6 Å². The quantitative estimate of drug-likeness (QED) is 0.700. The zero-order chi connectivity index (χ0) is 21.4. The number of carbonyl (C=O) groups excluding carboxylic acids is 2. The van der Waals surface area contributed by atoms with Gasteiger partial charge in [-0.1, -0.05) is 0 Å². The summed E-state index contributed by atoms with van der Waals surface area (Å²) in [5, 5.41) is 15.0. The molecule has 29 heavy (non-hydrogen) atoms. The smallest absolute Gasteiger partial charge is 0.408 e. The summed E-state index contributed by atoms with van der Waals surface area (Å²) in [6.07, 6.45) is 4.49. The van der Waals surface area contributed by atoms with Crippen LogP contribution in [0.2, 0.25) is 0 Å². The molecule has 1 aromatic carbocycles. The highest BCUT2D eigenvalue weighted by atomic mass is 19.1. The average Bonchev–Trinajstić information content (AvgIpc) is 2.63. The maximum absolute atomic E-state index is 13.5. The molecule has 3 fully saturated rings. The van der Waals surface area contributed by atoms with Gasteiger partial charge in [-0.05, 0) is 76.8 Å². The van der Waals surface area contributed by atoms with Crippen LogP contribution in [0.25, 0.3) is 0 Å². The number of fused-ring (bicyclic) bond motifs is 3. The van der Waals surface area contributed by atoms with Gasteiger partial charge in [0.25, 0.3) is 5.91 Å². The Morgan fingerprint density at radius 1 is 1.07 bits per heavy atom. The molecule has 2 bridgehead atoms. The van der Waals surface area contributed by atoms with E-state index in [-0.39, 0.29) is 16.5 Å². The highest BCUT2D eigenvalue weighted by Gasteiger charge is 2.49. The van der Waals surface area contributed by atoms with Gasteiger partial charge in [0.2, 0.25) is 0 Å². The van der Waals surface area contributed by atoms with E-state index < -0.39 is 35.0 Å². The summed E-state index contributed by atoms with van der Waals surface area (Å²) >= 11 is 0. The molecule has 0 heterocycles. The standard InChI is InChI=1S/C21H28F2N2O4/c1-19(2,3)29-18(28)25-21-7-4-20(5-8-21,6-9-21)12-24-17(27)13-10-14(22)16(26)15(23)11-13/h10-11,26H,4-9,12H2,1-3H3,(H,24,27)(H,25,28)/t20-,21+. The minimum Gasteiger partial charge on any atom is -0.503 e. The Labute approximate surface area is 169 Å². The molecule has 8 heteroatoms. The van der Waals surface area contributed by atoms with Crippen molar-refractivity contribution >= 4 is 12.0 Å². The Balaban J connectivity index is 1.56. The second-order valence-electron chi connectivity index (χ2n) is 9.38. The number of alkyl carbamates (subject to hydrolysis) is 1. The van der Waals surface area contributed by atoms with Crippen LogP contribution in [0.1, 0.15) is 69.7 Å². The molecular formula is C21H28F2N2O4. The topological polar surface area (TPSA) is 87.7 Å². The molecule has 0 atom stereocenters. The number of hydrogen-bond acceptors (Lipinski definition) is 4. The van der Waals surface area contributed by atoms with Crippen molar-refractivity contribution in [2.75, 3.05) is 6.54 Å². The summed E-state index contributed by atoms with van der Waals surface area (Å²) in [5.41, 5.74) is -1.06. The van der Waals surface area contributed by atoms with E-state index in [4.69, 9.17) is 9.84 Å². The van der Waals surface area contributed by atoms with Crippen molar-refractivity contribution in [3.8, 4) is 5.75 Å². The van der Waals surface area contributed by atoms with Crippen molar-refractivity contribution in [3.63, 3.8) is 0 Å². The molecule has 0 radical (unpaired) electrons. The molecule has 3 saturated carbocycles. The second-order valence-corrected chi connectivity index (χ2v) is 9.38. The number of carbonyl (C=O) groups is 2. The number of benzene rings is 1. The van der Waals surface area contributed by atoms with Crippen LogP contribution in [0.15, 0.2) is 12.1 Å². The molecule has 3 N–H and O–H groups in total. The number of aromatic hydroxyl groups is 1. The van der Waals surface area contributed by atoms with Gasteiger partial charge in [0, 0.05) is 17.6 Å². The Bertz CT molecular complexity index is 772. The second kappa shape index (κ2) is 7.46. The third kappa shape index (κ3) is 4.79. The summed E-state index contributed by atoms with van der Waals surface area (Å²) < 4.78 is 32.3. The molecule has 4 rings (SSSR count). The lowest BCUT2D eigenvalue weighted by Gasteiger charge is -2.53. The highest BCUT2D eigenvalue weighted by molar-refractivity contribution is 5.94. The normalized spacial score (nSPS) is 26.1. The van der Waals surface area contributed by atoms with E-state index in [1.54, 1.807) is 0 Å². The number of nitrogens with one attached hydrogen (secondary N) is 2. The van der Waals surface area contributed by atoms with E-state index in [1.807, 2.05) is 20.8 Å². The lowest BCUT2D eigenvalue weighted by Crippen LogP contribution is -2.59. The van der Waals surface area contributed by atoms with Crippen LogP contribution in [0.3, 0.4) is 0 Å². The number of amides is 2. The van der Waals surface area contributed by atoms with Gasteiger partial charge in [-0.3, -0.25) is 4.79 Å². The van der Waals surface area contributed by atoms with Gasteiger partial charge >= 0.3 is 6.09 Å². The molecule has 1 aromatic rings. The number of rotatable bonds is 4. The zero-order valence-corrected chi connectivity index (χ0v) is 17.0. The first-order valence-electron chi connectivity index (χ1n) is 9.90. The minimum atomic E-state index is -1.17. The maximum atomic E-state index is 13.5. The third-order valence-corrected chi connectivity index (χ3v) is 6.07. The van der Waals surface area contributed by atoms with Crippen LogP contribution in [0, 0.1) is 17.0 Å². The van der Waals surface area contributed by atoms with Crippen molar-refractivity contribution in [1.82, 2.24) is 10.6 Å². The summed E-state index contributed by atoms with van der Waals surface area (Å²) in [4.78, 5) is 24.5. The molecule has 0 aliphatic heterocycles. The average molecular weight is 410 g/mol. The van der Waals surface area contributed by atoms with Crippen molar-refractivity contribution in [3.05, 3.63) is 29.3 Å². The van der Waals surface area contributed by atoms with Crippen molar-refractivity contribution in [2.45, 2.75) is 70.4 Å². The number of phenols is 1. The van der Waals surface area contributed by atoms with Gasteiger partial charge in [-0.2, -0.15) is 0 Å². The number of hydrogen-bond donors (Lipinski definition) is 3. The SMILES string of the molecule is CC(C)(C)OC(=O)N[C@]12CC[C@](CNC(=O)c3cc(F)c(O)c(F)c3)(CC1)CC2. The van der Waals surface area contributed by atoms with Crippen LogP contribution in [-0.2, 0) is 4.74 Å². The summed E-state index contributed by atoms with van der Waals surface area (Å²) in [6.45, 7) is 5.88. The number of phenolic OH excluding ortho intramolecular Hbond substituents is 1. The van der Waals surface area contributed by atoms with E-state index >= 15 is 0 Å². The van der Waals surface area contributed by atoms with Crippen LogP contribution in [0.4, 0.5) is 13.6 Å². The molecule has 0 saturated heterocycles. The third-order valence-electron chi connectivity index (χ3n) is 6.07. The lowest BCUT2D eigenvalue weighted by atomic mass is 9.57. The summed E-state index contributed by atoms with van der Waals surface area (Å²) in [7, 11) is 0. The van der Waals surface area contributed by atoms with Crippen molar-refractivity contribution < 1.29 is 28.2 Å². The van der Waals surface area contributed by atoms with E-state index in [9.17, 15) is 18.4 Å². The number of ether oxygens (including phenoxy) is 1. The van der Waals surface area contributed by atoms with Gasteiger partial charge in [0.15, 0.2) is 17.4 Å². The molecular weight excluding hydrogens is 382 g/mol. The van der Waals surface area contributed by atoms with Crippen LogP contribution in [0.5, 0.6) is 5.75 Å². The Morgan fingerprint density at radius 2 is 1.59 bits per heavy atom.